The monoisotopic (exact) mass is 384 g/mol. The zero-order valence-corrected chi connectivity index (χ0v) is 16.0. The van der Waals surface area contributed by atoms with E-state index in [1.807, 2.05) is 6.20 Å². The second-order valence-corrected chi connectivity index (χ2v) is 7.65. The molecule has 2 aliphatic rings. The molecular formula is C19H28N8O. The zero-order chi connectivity index (χ0) is 19.5. The first kappa shape index (κ1) is 18.5. The largest absolute Gasteiger partial charge is 0.371 e. The van der Waals surface area contributed by atoms with Gasteiger partial charge in [0.05, 0.1) is 17.3 Å². The van der Waals surface area contributed by atoms with Crippen molar-refractivity contribution in [3.8, 4) is 0 Å². The first-order valence-electron chi connectivity index (χ1n) is 9.97. The number of anilines is 1. The highest BCUT2D eigenvalue weighted by Gasteiger charge is 2.26. The fourth-order valence-corrected chi connectivity index (χ4v) is 4.35. The van der Waals surface area contributed by atoms with Crippen molar-refractivity contribution in [3.05, 3.63) is 30.1 Å². The molecule has 1 aliphatic heterocycles. The van der Waals surface area contributed by atoms with E-state index in [0.29, 0.717) is 11.4 Å². The Kier molecular flexibility index (Phi) is 5.34. The molecule has 0 aromatic carbocycles. The molecule has 1 amide bonds. The third kappa shape index (κ3) is 3.62. The Morgan fingerprint density at radius 1 is 1.21 bits per heavy atom. The summed E-state index contributed by atoms with van der Waals surface area (Å²) in [6.45, 7) is 2.14. The lowest BCUT2D eigenvalue weighted by molar-refractivity contribution is 0.0927. The van der Waals surface area contributed by atoms with Gasteiger partial charge in [0, 0.05) is 36.9 Å². The van der Waals surface area contributed by atoms with Crippen molar-refractivity contribution in [2.75, 3.05) is 18.0 Å². The Morgan fingerprint density at radius 2 is 1.96 bits per heavy atom. The third-order valence-corrected chi connectivity index (χ3v) is 5.96. The van der Waals surface area contributed by atoms with Gasteiger partial charge in [0.15, 0.2) is 0 Å². The van der Waals surface area contributed by atoms with Gasteiger partial charge in [-0.05, 0) is 50.7 Å². The molecule has 9 heteroatoms. The molecule has 2 fully saturated rings. The second-order valence-electron chi connectivity index (χ2n) is 7.65. The van der Waals surface area contributed by atoms with Gasteiger partial charge >= 0.3 is 0 Å². The zero-order valence-electron chi connectivity index (χ0n) is 16.0. The van der Waals surface area contributed by atoms with Crippen LogP contribution in [-0.4, -0.2) is 40.5 Å². The normalized spacial score (nSPS) is 23.2. The van der Waals surface area contributed by atoms with Crippen LogP contribution in [0.1, 0.15) is 48.9 Å². The SMILES string of the molecule is N/N=C(\NN)C1CCC(NC(=O)c2cnn3ccc(N4CCCC4)cc23)CC1. The highest BCUT2D eigenvalue weighted by molar-refractivity contribution is 6.01. The minimum absolute atomic E-state index is 0.0679. The summed E-state index contributed by atoms with van der Waals surface area (Å²) in [5.74, 6) is 11.6. The average Bonchev–Trinajstić information content (AvgIpc) is 3.39. The summed E-state index contributed by atoms with van der Waals surface area (Å²) in [5.41, 5.74) is 5.20. The van der Waals surface area contributed by atoms with Crippen molar-refractivity contribution in [1.29, 1.82) is 0 Å². The van der Waals surface area contributed by atoms with Crippen LogP contribution in [0.2, 0.25) is 0 Å². The molecule has 1 saturated heterocycles. The van der Waals surface area contributed by atoms with E-state index < -0.39 is 0 Å². The number of nitrogens with one attached hydrogen (secondary N) is 2. The van der Waals surface area contributed by atoms with Crippen molar-refractivity contribution >= 4 is 22.9 Å². The molecule has 9 nitrogen and oxygen atoms in total. The molecule has 6 N–H and O–H groups in total. The van der Waals surface area contributed by atoms with Crippen LogP contribution >= 0.6 is 0 Å². The van der Waals surface area contributed by atoms with Crippen molar-refractivity contribution in [2.45, 2.75) is 44.6 Å². The van der Waals surface area contributed by atoms with Gasteiger partial charge in [-0.2, -0.15) is 10.2 Å². The molecule has 4 rings (SSSR count). The summed E-state index contributed by atoms with van der Waals surface area (Å²) in [7, 11) is 0. The fourth-order valence-electron chi connectivity index (χ4n) is 4.35. The molecule has 0 atom stereocenters. The summed E-state index contributed by atoms with van der Waals surface area (Å²) >= 11 is 0. The lowest BCUT2D eigenvalue weighted by atomic mass is 9.85. The Bertz CT molecular complexity index is 862. The molecule has 150 valence electrons. The minimum atomic E-state index is -0.0679. The summed E-state index contributed by atoms with van der Waals surface area (Å²) in [6.07, 6.45) is 9.54. The topological polar surface area (TPSA) is 126 Å². The maximum atomic E-state index is 12.9. The molecule has 2 aromatic rings. The predicted molar refractivity (Wildman–Crippen MR) is 109 cm³/mol. The van der Waals surface area contributed by atoms with Crippen LogP contribution in [0.15, 0.2) is 29.6 Å². The molecule has 0 unspecified atom stereocenters. The molecule has 28 heavy (non-hydrogen) atoms. The van der Waals surface area contributed by atoms with E-state index in [4.69, 9.17) is 11.7 Å². The molecule has 1 saturated carbocycles. The van der Waals surface area contributed by atoms with E-state index in [1.54, 1.807) is 10.7 Å². The van der Waals surface area contributed by atoms with Crippen molar-refractivity contribution in [2.24, 2.45) is 22.7 Å². The number of hydrogen-bond donors (Lipinski definition) is 4. The van der Waals surface area contributed by atoms with Crippen molar-refractivity contribution in [1.82, 2.24) is 20.4 Å². The lowest BCUT2D eigenvalue weighted by Crippen LogP contribution is -2.43. The van der Waals surface area contributed by atoms with Crippen LogP contribution in [0.25, 0.3) is 5.52 Å². The molecule has 3 heterocycles. The van der Waals surface area contributed by atoms with Crippen molar-refractivity contribution < 1.29 is 4.79 Å². The van der Waals surface area contributed by atoms with Gasteiger partial charge in [-0.1, -0.05) is 0 Å². The van der Waals surface area contributed by atoms with Crippen LogP contribution in [0.3, 0.4) is 0 Å². The van der Waals surface area contributed by atoms with Crippen LogP contribution in [0.5, 0.6) is 0 Å². The molecule has 0 radical (unpaired) electrons. The summed E-state index contributed by atoms with van der Waals surface area (Å²) in [5, 5.41) is 11.2. The van der Waals surface area contributed by atoms with E-state index in [-0.39, 0.29) is 17.9 Å². The molecule has 2 aromatic heterocycles. The van der Waals surface area contributed by atoms with E-state index in [9.17, 15) is 4.79 Å². The number of hydrogen-bond acceptors (Lipinski definition) is 6. The molecule has 1 aliphatic carbocycles. The lowest BCUT2D eigenvalue weighted by Gasteiger charge is -2.29. The van der Waals surface area contributed by atoms with E-state index in [1.165, 1.54) is 12.8 Å². The van der Waals surface area contributed by atoms with Gasteiger partial charge in [-0.3, -0.25) is 4.79 Å². The highest BCUT2D eigenvalue weighted by atomic mass is 16.1. The molecule has 0 spiro atoms. The average molecular weight is 384 g/mol. The van der Waals surface area contributed by atoms with Crippen LogP contribution in [-0.2, 0) is 0 Å². The van der Waals surface area contributed by atoms with Gasteiger partial charge in [-0.25, -0.2) is 10.4 Å². The molecule has 0 bridgehead atoms. The Hall–Kier alpha value is -2.81. The number of nitrogens with two attached hydrogens (primary N) is 2. The minimum Gasteiger partial charge on any atom is -0.371 e. The van der Waals surface area contributed by atoms with Gasteiger partial charge in [0.25, 0.3) is 5.91 Å². The summed E-state index contributed by atoms with van der Waals surface area (Å²) < 4.78 is 1.77. The van der Waals surface area contributed by atoms with Gasteiger partial charge in [-0.15, -0.1) is 0 Å². The maximum absolute atomic E-state index is 12.9. The van der Waals surface area contributed by atoms with E-state index >= 15 is 0 Å². The first-order chi connectivity index (χ1) is 13.7. The number of fused-ring (bicyclic) bond motifs is 1. The number of carbonyl (C=O) groups is 1. The number of nitrogens with zero attached hydrogens (tertiary/aromatic N) is 4. The smallest absolute Gasteiger partial charge is 0.255 e. The van der Waals surface area contributed by atoms with Crippen molar-refractivity contribution in [3.63, 3.8) is 0 Å². The number of aromatic nitrogens is 2. The summed E-state index contributed by atoms with van der Waals surface area (Å²) in [6, 6.07) is 4.27. The quantitative estimate of drug-likeness (QED) is 0.269. The van der Waals surface area contributed by atoms with Gasteiger partial charge in [0.1, 0.15) is 5.84 Å². The number of pyridine rings is 1. The van der Waals surface area contributed by atoms with E-state index in [0.717, 1.165) is 50.0 Å². The Labute approximate surface area is 164 Å². The van der Waals surface area contributed by atoms with Crippen LogP contribution < -0.4 is 27.3 Å². The predicted octanol–water partition coefficient (Wildman–Crippen LogP) is 0.959. The molecular weight excluding hydrogens is 356 g/mol. The number of hydrazine groups is 1. The van der Waals surface area contributed by atoms with Crippen LogP contribution in [0, 0.1) is 5.92 Å². The number of rotatable bonds is 4. The number of amides is 1. The summed E-state index contributed by atoms with van der Waals surface area (Å²) in [4.78, 5) is 15.3. The first-order valence-corrected chi connectivity index (χ1v) is 9.97. The number of carbonyl (C=O) groups excluding carboxylic acids is 1. The van der Waals surface area contributed by atoms with Gasteiger partial charge in [0.2, 0.25) is 0 Å². The standard InChI is InChI=1S/C19H28N8O/c20-24-18(25-21)13-3-5-14(6-4-13)23-19(28)16-12-22-27-10-7-15(11-17(16)27)26-8-1-2-9-26/h7,10-14H,1-6,8-9,20-21H2,(H,23,28)(H,24,25). The second kappa shape index (κ2) is 8.05. The fraction of sp³-hybridized carbons (Fsp3) is 0.526. The van der Waals surface area contributed by atoms with E-state index in [2.05, 4.69) is 38.0 Å². The third-order valence-electron chi connectivity index (χ3n) is 5.96. The van der Waals surface area contributed by atoms with Crippen LogP contribution in [0.4, 0.5) is 5.69 Å². The van der Waals surface area contributed by atoms with Gasteiger partial charge < -0.3 is 21.5 Å². The Morgan fingerprint density at radius 3 is 2.64 bits per heavy atom. The maximum Gasteiger partial charge on any atom is 0.255 e. The number of amidine groups is 1. The Balaban J connectivity index is 1.44. The highest BCUT2D eigenvalue weighted by Crippen LogP contribution is 2.26. The number of hydrazone groups is 1.